The minimum atomic E-state index is -4.24. The maximum absolute atomic E-state index is 12.2. The molecule has 7 heteroatoms. The Morgan fingerprint density at radius 2 is 1.75 bits per heavy atom. The van der Waals surface area contributed by atoms with Crippen LogP contribution in [0.15, 0.2) is 47.9 Å². The molecule has 1 aromatic heterocycles. The van der Waals surface area contributed by atoms with E-state index in [1.807, 2.05) is 27.9 Å². The van der Waals surface area contributed by atoms with Crippen LogP contribution in [0, 0.1) is 0 Å². The maximum Gasteiger partial charge on any atom is 0.446 e. The molecule has 0 aliphatic heterocycles. The minimum absolute atomic E-state index is 0. The molecule has 0 aliphatic carbocycles. The second-order valence-electron chi connectivity index (χ2n) is 4.40. The Labute approximate surface area is 130 Å². The first-order valence-corrected chi connectivity index (χ1v) is 6.62. The number of aromatic nitrogens is 2. The van der Waals surface area contributed by atoms with Gasteiger partial charge in [0.15, 0.2) is 0 Å². The molecule has 1 aromatic carbocycles. The monoisotopic (exact) mass is 366 g/mol. The number of thioether (sulfide) groups is 1. The fourth-order valence-electron chi connectivity index (χ4n) is 1.65. The van der Waals surface area contributed by atoms with E-state index < -0.39 is 5.51 Å². The summed E-state index contributed by atoms with van der Waals surface area (Å²) >= 11 is -0.0997. The van der Waals surface area contributed by atoms with Gasteiger partial charge in [-0.3, -0.25) is 0 Å². The van der Waals surface area contributed by atoms with E-state index in [9.17, 15) is 13.2 Å². The zero-order valence-corrected chi connectivity index (χ0v) is 13.3. The number of imidazole rings is 1. The fourth-order valence-corrected chi connectivity index (χ4v) is 2.19. The fraction of sp³-hybridized carbons (Fsp3) is 0.308. The van der Waals surface area contributed by atoms with Gasteiger partial charge in [0.1, 0.15) is 18.1 Å². The SMILES string of the molecule is CC(C)[n+]1ccn(-c2ccc(SC(F)(F)F)cc2)c1.[Br-]. The van der Waals surface area contributed by atoms with E-state index in [1.165, 1.54) is 12.1 Å². The van der Waals surface area contributed by atoms with Crippen LogP contribution in [-0.4, -0.2) is 10.1 Å². The molecule has 110 valence electrons. The van der Waals surface area contributed by atoms with E-state index in [0.29, 0.717) is 6.04 Å². The summed E-state index contributed by atoms with van der Waals surface area (Å²) in [7, 11) is 0. The molecule has 20 heavy (non-hydrogen) atoms. The standard InChI is InChI=1S/C13H14F3N2S.BrH/c1-10(2)17-7-8-18(9-17)11-3-5-12(6-4-11)19-13(14,15)16;/h3-10H,1-2H3;1H/q+1;/p-1. The smallest absolute Gasteiger partial charge is 0.446 e. The summed E-state index contributed by atoms with van der Waals surface area (Å²) in [5.74, 6) is 0. The Balaban J connectivity index is 0.00000200. The quantitative estimate of drug-likeness (QED) is 0.580. The second-order valence-corrected chi connectivity index (χ2v) is 5.54. The van der Waals surface area contributed by atoms with Gasteiger partial charge in [-0.1, -0.05) is 0 Å². The molecular weight excluding hydrogens is 353 g/mol. The lowest BCUT2D eigenvalue weighted by Gasteiger charge is -2.05. The molecule has 0 N–H and O–H groups in total. The van der Waals surface area contributed by atoms with Gasteiger partial charge in [0.25, 0.3) is 0 Å². The van der Waals surface area contributed by atoms with Crippen LogP contribution < -0.4 is 21.5 Å². The predicted molar refractivity (Wildman–Crippen MR) is 68.3 cm³/mol. The highest BCUT2D eigenvalue weighted by molar-refractivity contribution is 8.00. The van der Waals surface area contributed by atoms with E-state index in [-0.39, 0.29) is 33.6 Å². The highest BCUT2D eigenvalue weighted by atomic mass is 79.9. The Kier molecular flexibility index (Phi) is 5.70. The van der Waals surface area contributed by atoms with Crippen molar-refractivity contribution in [2.45, 2.75) is 30.3 Å². The average molecular weight is 367 g/mol. The Morgan fingerprint density at radius 1 is 1.15 bits per heavy atom. The first-order valence-electron chi connectivity index (χ1n) is 5.80. The molecular formula is C13H14BrF3N2S. The van der Waals surface area contributed by atoms with Crippen molar-refractivity contribution in [3.8, 4) is 5.69 Å². The summed E-state index contributed by atoms with van der Waals surface area (Å²) in [6.07, 6.45) is 5.73. The number of benzene rings is 1. The minimum Gasteiger partial charge on any atom is -1.00 e. The van der Waals surface area contributed by atoms with Crippen molar-refractivity contribution in [2.75, 3.05) is 0 Å². The van der Waals surface area contributed by atoms with Gasteiger partial charge in [0.05, 0.1) is 6.04 Å². The summed E-state index contributed by atoms with van der Waals surface area (Å²) in [5, 5.41) is 0. The number of hydrogen-bond donors (Lipinski definition) is 0. The van der Waals surface area contributed by atoms with Crippen LogP contribution in [0.5, 0.6) is 0 Å². The summed E-state index contributed by atoms with van der Waals surface area (Å²) in [6.45, 7) is 4.13. The largest absolute Gasteiger partial charge is 1.00 e. The third-order valence-electron chi connectivity index (χ3n) is 2.62. The summed E-state index contributed by atoms with van der Waals surface area (Å²) in [6, 6.07) is 6.67. The number of rotatable bonds is 3. The van der Waals surface area contributed by atoms with Gasteiger partial charge in [0.2, 0.25) is 6.33 Å². The third-order valence-corrected chi connectivity index (χ3v) is 3.36. The lowest BCUT2D eigenvalue weighted by molar-refractivity contribution is -0.715. The molecule has 0 amide bonds. The lowest BCUT2D eigenvalue weighted by Crippen LogP contribution is -3.00. The van der Waals surface area contributed by atoms with Crippen LogP contribution in [0.25, 0.3) is 5.69 Å². The van der Waals surface area contributed by atoms with Crippen molar-refractivity contribution in [3.63, 3.8) is 0 Å². The van der Waals surface area contributed by atoms with Crippen LogP contribution in [0.1, 0.15) is 19.9 Å². The topological polar surface area (TPSA) is 8.81 Å². The molecule has 0 radical (unpaired) electrons. The lowest BCUT2D eigenvalue weighted by atomic mass is 10.3. The van der Waals surface area contributed by atoms with Crippen LogP contribution in [0.2, 0.25) is 0 Å². The average Bonchev–Trinajstić information content (AvgIpc) is 2.77. The molecule has 0 atom stereocenters. The van der Waals surface area contributed by atoms with Gasteiger partial charge < -0.3 is 17.0 Å². The maximum atomic E-state index is 12.2. The highest BCUT2D eigenvalue weighted by Crippen LogP contribution is 2.36. The molecule has 2 rings (SSSR count). The molecule has 0 unspecified atom stereocenters. The molecule has 0 fully saturated rings. The van der Waals surface area contributed by atoms with E-state index in [0.717, 1.165) is 5.69 Å². The van der Waals surface area contributed by atoms with Crippen molar-refractivity contribution >= 4 is 11.8 Å². The van der Waals surface area contributed by atoms with Crippen molar-refractivity contribution in [1.82, 2.24) is 4.57 Å². The Bertz CT molecular complexity index is 549. The number of nitrogens with zero attached hydrogens (tertiary/aromatic N) is 2. The van der Waals surface area contributed by atoms with Crippen molar-refractivity contribution < 1.29 is 34.7 Å². The predicted octanol–water partition coefficient (Wildman–Crippen LogP) is 0.962. The van der Waals surface area contributed by atoms with E-state index in [4.69, 9.17) is 0 Å². The summed E-state index contributed by atoms with van der Waals surface area (Å²) < 4.78 is 40.5. The van der Waals surface area contributed by atoms with E-state index in [1.54, 1.807) is 12.1 Å². The summed E-state index contributed by atoms with van der Waals surface area (Å²) in [4.78, 5) is 0.195. The van der Waals surface area contributed by atoms with E-state index >= 15 is 0 Å². The van der Waals surface area contributed by atoms with Gasteiger partial charge in [-0.25, -0.2) is 9.13 Å². The Hall–Kier alpha value is -0.950. The molecule has 0 saturated carbocycles. The van der Waals surface area contributed by atoms with Gasteiger partial charge >= 0.3 is 5.51 Å². The molecule has 0 aliphatic rings. The van der Waals surface area contributed by atoms with Crippen LogP contribution in [-0.2, 0) is 0 Å². The first kappa shape index (κ1) is 17.1. The number of alkyl halides is 3. The highest BCUT2D eigenvalue weighted by Gasteiger charge is 2.29. The van der Waals surface area contributed by atoms with Crippen LogP contribution in [0.3, 0.4) is 0 Å². The molecule has 1 heterocycles. The number of hydrogen-bond acceptors (Lipinski definition) is 1. The van der Waals surface area contributed by atoms with Crippen LogP contribution >= 0.6 is 11.8 Å². The molecule has 0 saturated heterocycles. The molecule has 2 nitrogen and oxygen atoms in total. The van der Waals surface area contributed by atoms with Crippen molar-refractivity contribution in [2.24, 2.45) is 0 Å². The Morgan fingerprint density at radius 3 is 2.20 bits per heavy atom. The van der Waals surface area contributed by atoms with Crippen molar-refractivity contribution in [3.05, 3.63) is 43.0 Å². The molecule has 0 spiro atoms. The molecule has 0 bridgehead atoms. The first-order chi connectivity index (χ1) is 8.85. The van der Waals surface area contributed by atoms with Gasteiger partial charge in [0, 0.05) is 4.90 Å². The molecule has 2 aromatic rings. The zero-order chi connectivity index (χ0) is 14.0. The van der Waals surface area contributed by atoms with Crippen molar-refractivity contribution in [1.29, 1.82) is 0 Å². The van der Waals surface area contributed by atoms with Gasteiger partial charge in [-0.2, -0.15) is 13.2 Å². The van der Waals surface area contributed by atoms with Gasteiger partial charge in [-0.15, -0.1) is 0 Å². The number of halogens is 4. The third kappa shape index (κ3) is 4.56. The van der Waals surface area contributed by atoms with E-state index in [2.05, 4.69) is 13.8 Å². The zero-order valence-electron chi connectivity index (χ0n) is 10.9. The second kappa shape index (κ2) is 6.67. The summed E-state index contributed by atoms with van der Waals surface area (Å²) in [5.41, 5.74) is -3.40. The normalized spacial score (nSPS) is 11.5. The van der Waals surface area contributed by atoms with Crippen LogP contribution in [0.4, 0.5) is 13.2 Å². The van der Waals surface area contributed by atoms with Gasteiger partial charge in [-0.05, 0) is 49.9 Å².